The summed E-state index contributed by atoms with van der Waals surface area (Å²) in [6.45, 7) is 1.73. The standard InChI is InChI=1S/C22H20ClF2N5O3/c1-12-11-22(21(32)33,8-10-30(12)20(31)13-3-2-4-14(23)18(13)25)16-6-5-15(24)19(27-16)28-17-7-9-26-29-17/h2-7,9,12H,8,10-11H2,1H3,(H,32,33)(H2,26,27,28,29). The highest BCUT2D eigenvalue weighted by Gasteiger charge is 2.48. The van der Waals surface area contributed by atoms with Crippen molar-refractivity contribution in [3.05, 3.63) is 70.5 Å². The first-order chi connectivity index (χ1) is 15.7. The van der Waals surface area contributed by atoms with E-state index in [2.05, 4.69) is 20.5 Å². The van der Waals surface area contributed by atoms with E-state index in [9.17, 15) is 23.5 Å². The molecule has 172 valence electrons. The third-order valence-electron chi connectivity index (χ3n) is 5.90. The molecule has 3 heterocycles. The van der Waals surface area contributed by atoms with Crippen LogP contribution in [0.15, 0.2) is 42.6 Å². The summed E-state index contributed by atoms with van der Waals surface area (Å²) in [7, 11) is 0. The van der Waals surface area contributed by atoms with Crippen LogP contribution in [-0.2, 0) is 10.2 Å². The van der Waals surface area contributed by atoms with Crippen molar-refractivity contribution < 1.29 is 23.5 Å². The molecule has 2 unspecified atom stereocenters. The molecule has 1 saturated heterocycles. The summed E-state index contributed by atoms with van der Waals surface area (Å²) in [5.41, 5.74) is -1.48. The van der Waals surface area contributed by atoms with Crippen LogP contribution in [0.2, 0.25) is 5.02 Å². The lowest BCUT2D eigenvalue weighted by molar-refractivity contribution is -0.146. The Morgan fingerprint density at radius 2 is 2.06 bits per heavy atom. The number of amides is 1. The predicted molar refractivity (Wildman–Crippen MR) is 117 cm³/mol. The number of H-pyrrole nitrogens is 1. The molecule has 1 fully saturated rings. The number of nitrogens with one attached hydrogen (secondary N) is 2. The molecule has 11 heteroatoms. The van der Waals surface area contributed by atoms with Crippen LogP contribution in [0.3, 0.4) is 0 Å². The quantitative estimate of drug-likeness (QED) is 0.511. The van der Waals surface area contributed by atoms with Gasteiger partial charge in [-0.05, 0) is 44.0 Å². The molecule has 3 aromatic rings. The van der Waals surface area contributed by atoms with E-state index < -0.39 is 35.0 Å². The number of pyridine rings is 1. The smallest absolute Gasteiger partial charge is 0.315 e. The molecular formula is C22H20ClF2N5O3. The number of anilines is 2. The first-order valence-corrected chi connectivity index (χ1v) is 10.5. The molecule has 0 spiro atoms. The summed E-state index contributed by atoms with van der Waals surface area (Å²) in [4.78, 5) is 31.1. The minimum absolute atomic E-state index is 0.0123. The van der Waals surface area contributed by atoms with Crippen molar-refractivity contribution in [3.63, 3.8) is 0 Å². The van der Waals surface area contributed by atoms with E-state index in [0.717, 1.165) is 6.07 Å². The van der Waals surface area contributed by atoms with Crippen LogP contribution in [0.4, 0.5) is 20.4 Å². The Morgan fingerprint density at radius 1 is 1.27 bits per heavy atom. The lowest BCUT2D eigenvalue weighted by atomic mass is 9.72. The van der Waals surface area contributed by atoms with Gasteiger partial charge in [0, 0.05) is 18.7 Å². The molecule has 3 N–H and O–H groups in total. The van der Waals surface area contributed by atoms with Crippen LogP contribution in [0.5, 0.6) is 0 Å². The van der Waals surface area contributed by atoms with Gasteiger partial charge in [0.25, 0.3) is 5.91 Å². The Bertz CT molecular complexity index is 1210. The van der Waals surface area contributed by atoms with Gasteiger partial charge in [-0.3, -0.25) is 14.7 Å². The highest BCUT2D eigenvalue weighted by Crippen LogP contribution is 2.39. The van der Waals surface area contributed by atoms with Gasteiger partial charge in [0.2, 0.25) is 0 Å². The first-order valence-electron chi connectivity index (χ1n) is 10.1. The highest BCUT2D eigenvalue weighted by molar-refractivity contribution is 6.31. The van der Waals surface area contributed by atoms with Gasteiger partial charge in [0.1, 0.15) is 11.2 Å². The fourth-order valence-electron chi connectivity index (χ4n) is 4.16. The van der Waals surface area contributed by atoms with Gasteiger partial charge in [-0.15, -0.1) is 0 Å². The van der Waals surface area contributed by atoms with Gasteiger partial charge in [0.05, 0.1) is 22.5 Å². The average Bonchev–Trinajstić information content (AvgIpc) is 3.29. The number of hydrogen-bond donors (Lipinski definition) is 3. The number of carbonyl (C=O) groups excluding carboxylic acids is 1. The molecule has 4 rings (SSSR count). The lowest BCUT2D eigenvalue weighted by Gasteiger charge is -2.43. The van der Waals surface area contributed by atoms with Crippen LogP contribution in [0, 0.1) is 11.6 Å². The molecule has 33 heavy (non-hydrogen) atoms. The number of carboxylic acid groups (broad SMARTS) is 1. The van der Waals surface area contributed by atoms with Gasteiger partial charge < -0.3 is 15.3 Å². The van der Waals surface area contributed by atoms with Crippen molar-refractivity contribution in [2.24, 2.45) is 0 Å². The minimum atomic E-state index is -1.46. The number of carbonyl (C=O) groups is 2. The van der Waals surface area contributed by atoms with Crippen LogP contribution >= 0.6 is 11.6 Å². The Labute approximate surface area is 192 Å². The Morgan fingerprint density at radius 3 is 2.73 bits per heavy atom. The van der Waals surface area contributed by atoms with Gasteiger partial charge >= 0.3 is 5.97 Å². The number of carboxylic acids is 1. The van der Waals surface area contributed by atoms with E-state index in [-0.39, 0.29) is 41.5 Å². The first kappa shape index (κ1) is 22.7. The van der Waals surface area contributed by atoms with Crippen molar-refractivity contribution in [1.82, 2.24) is 20.1 Å². The van der Waals surface area contributed by atoms with E-state index in [1.54, 1.807) is 13.0 Å². The Balaban J connectivity index is 1.63. The van der Waals surface area contributed by atoms with Gasteiger partial charge in [-0.1, -0.05) is 17.7 Å². The van der Waals surface area contributed by atoms with E-state index in [0.29, 0.717) is 5.82 Å². The van der Waals surface area contributed by atoms with Crippen molar-refractivity contribution in [1.29, 1.82) is 0 Å². The number of hydrogen-bond acceptors (Lipinski definition) is 5. The normalized spacial score (nSPS) is 20.5. The van der Waals surface area contributed by atoms with Gasteiger partial charge in [-0.2, -0.15) is 5.10 Å². The number of likely N-dealkylation sites (tertiary alicyclic amines) is 1. The molecule has 1 amide bonds. The number of aliphatic carboxylic acids is 1. The SMILES string of the molecule is CC1CC(C(=O)O)(c2ccc(F)c(Nc3ccn[nH]3)n2)CCN1C(=O)c1cccc(Cl)c1F. The third-order valence-corrected chi connectivity index (χ3v) is 6.19. The van der Waals surface area contributed by atoms with E-state index in [4.69, 9.17) is 11.6 Å². The van der Waals surface area contributed by atoms with Gasteiger partial charge in [0.15, 0.2) is 17.5 Å². The largest absolute Gasteiger partial charge is 0.481 e. The molecule has 1 aliphatic heterocycles. The molecule has 0 radical (unpaired) electrons. The highest BCUT2D eigenvalue weighted by atomic mass is 35.5. The summed E-state index contributed by atoms with van der Waals surface area (Å²) in [5.74, 6) is -2.95. The maximum Gasteiger partial charge on any atom is 0.315 e. The van der Waals surface area contributed by atoms with Crippen molar-refractivity contribution in [2.75, 3.05) is 11.9 Å². The van der Waals surface area contributed by atoms with Gasteiger partial charge in [-0.25, -0.2) is 13.8 Å². The van der Waals surface area contributed by atoms with Crippen molar-refractivity contribution in [2.45, 2.75) is 31.2 Å². The number of benzene rings is 1. The molecule has 0 bridgehead atoms. The maximum absolute atomic E-state index is 14.4. The fraction of sp³-hybridized carbons (Fsp3) is 0.273. The van der Waals surface area contributed by atoms with E-state index >= 15 is 0 Å². The second kappa shape index (κ2) is 8.78. The molecule has 1 aliphatic rings. The summed E-state index contributed by atoms with van der Waals surface area (Å²) in [5, 5.41) is 19.1. The number of aromatic nitrogens is 3. The Kier molecular flexibility index (Phi) is 6.03. The molecular weight excluding hydrogens is 456 g/mol. The van der Waals surface area contributed by atoms with Crippen LogP contribution < -0.4 is 5.32 Å². The minimum Gasteiger partial charge on any atom is -0.481 e. The summed E-state index contributed by atoms with van der Waals surface area (Å²) in [6, 6.07) is 7.66. The maximum atomic E-state index is 14.4. The number of halogens is 3. The number of aromatic amines is 1. The monoisotopic (exact) mass is 475 g/mol. The molecule has 0 saturated carbocycles. The zero-order valence-electron chi connectivity index (χ0n) is 17.5. The zero-order valence-corrected chi connectivity index (χ0v) is 18.2. The molecule has 0 aliphatic carbocycles. The number of piperidine rings is 1. The van der Waals surface area contributed by atoms with Crippen LogP contribution in [0.25, 0.3) is 0 Å². The second-order valence-corrected chi connectivity index (χ2v) is 8.32. The molecule has 2 aromatic heterocycles. The predicted octanol–water partition coefficient (Wildman–Crippen LogP) is 4.13. The van der Waals surface area contributed by atoms with E-state index in [1.807, 2.05) is 0 Å². The molecule has 2 atom stereocenters. The van der Waals surface area contributed by atoms with Crippen molar-refractivity contribution in [3.8, 4) is 0 Å². The van der Waals surface area contributed by atoms with Crippen LogP contribution in [-0.4, -0.2) is 49.7 Å². The number of nitrogens with zero attached hydrogens (tertiary/aromatic N) is 3. The molecule has 8 nitrogen and oxygen atoms in total. The lowest BCUT2D eigenvalue weighted by Crippen LogP contribution is -2.53. The van der Waals surface area contributed by atoms with E-state index in [1.165, 1.54) is 35.4 Å². The molecule has 1 aromatic carbocycles. The Hall–Kier alpha value is -3.53. The summed E-state index contributed by atoms with van der Waals surface area (Å²) >= 11 is 5.80. The summed E-state index contributed by atoms with van der Waals surface area (Å²) < 4.78 is 28.7. The van der Waals surface area contributed by atoms with Crippen molar-refractivity contribution >= 4 is 35.1 Å². The number of rotatable bonds is 5. The third kappa shape index (κ3) is 4.13. The summed E-state index contributed by atoms with van der Waals surface area (Å²) in [6.07, 6.45) is 1.50. The second-order valence-electron chi connectivity index (χ2n) is 7.91. The topological polar surface area (TPSA) is 111 Å². The fourth-order valence-corrected chi connectivity index (χ4v) is 4.33. The average molecular weight is 476 g/mol. The zero-order chi connectivity index (χ0) is 23.8. The van der Waals surface area contributed by atoms with Crippen LogP contribution in [0.1, 0.15) is 35.8 Å².